The maximum atomic E-state index is 12.3. The molecule has 3 aromatic rings. The number of carbonyl (C=O) groups excluding carboxylic acids is 3. The van der Waals surface area contributed by atoms with Gasteiger partial charge in [-0.05, 0) is 77.6 Å². The van der Waals surface area contributed by atoms with Gasteiger partial charge in [0.05, 0.1) is 6.10 Å². The Morgan fingerprint density at radius 1 is 0.762 bits per heavy atom. The summed E-state index contributed by atoms with van der Waals surface area (Å²) in [6, 6.07) is 21.8. The van der Waals surface area contributed by atoms with Gasteiger partial charge in [-0.2, -0.15) is 0 Å². The van der Waals surface area contributed by atoms with Crippen LogP contribution in [-0.2, 0) is 46.5 Å². The number of carbonyl (C=O) groups is 3. The van der Waals surface area contributed by atoms with Crippen molar-refractivity contribution in [3.8, 4) is 11.5 Å². The molecule has 42 heavy (non-hydrogen) atoms. The Hall–Kier alpha value is -4.95. The summed E-state index contributed by atoms with van der Waals surface area (Å²) in [5.74, 6) is -0.268. The predicted molar refractivity (Wildman–Crippen MR) is 157 cm³/mol. The zero-order chi connectivity index (χ0) is 29.6. The fourth-order valence-electron chi connectivity index (χ4n) is 4.05. The average molecular weight is 569 g/mol. The third kappa shape index (κ3) is 10.2. The van der Waals surface area contributed by atoms with Crippen LogP contribution in [0.1, 0.15) is 35.1 Å². The van der Waals surface area contributed by atoms with E-state index in [0.717, 1.165) is 41.2 Å². The van der Waals surface area contributed by atoms with Gasteiger partial charge in [0.15, 0.2) is 0 Å². The second-order valence-corrected chi connectivity index (χ2v) is 9.42. The molecule has 4 rings (SSSR count). The van der Waals surface area contributed by atoms with E-state index >= 15 is 0 Å². The van der Waals surface area contributed by atoms with Gasteiger partial charge in [0.25, 0.3) is 0 Å². The van der Waals surface area contributed by atoms with Crippen LogP contribution in [-0.4, -0.2) is 37.2 Å². The summed E-state index contributed by atoms with van der Waals surface area (Å²) in [7, 11) is 0. The minimum absolute atomic E-state index is 0.0160. The van der Waals surface area contributed by atoms with Crippen molar-refractivity contribution >= 4 is 30.1 Å². The molecule has 0 aromatic heterocycles. The molecule has 0 aliphatic carbocycles. The summed E-state index contributed by atoms with van der Waals surface area (Å²) in [6.45, 7) is 4.54. The number of hydrogen-bond acceptors (Lipinski definition) is 8. The van der Waals surface area contributed by atoms with Crippen molar-refractivity contribution < 1.29 is 38.1 Å². The summed E-state index contributed by atoms with van der Waals surface area (Å²) >= 11 is 0. The number of benzene rings is 3. The van der Waals surface area contributed by atoms with E-state index in [-0.39, 0.29) is 25.9 Å². The van der Waals surface area contributed by atoms with Crippen LogP contribution in [0.5, 0.6) is 11.5 Å². The maximum Gasteiger partial charge on any atom is 0.331 e. The lowest BCUT2D eigenvalue weighted by atomic mass is 10.1. The monoisotopic (exact) mass is 568 g/mol. The summed E-state index contributed by atoms with van der Waals surface area (Å²) in [5.41, 5.74) is 3.09. The van der Waals surface area contributed by atoms with Crippen molar-refractivity contribution in [1.82, 2.24) is 0 Å². The van der Waals surface area contributed by atoms with E-state index in [9.17, 15) is 14.4 Å². The van der Waals surface area contributed by atoms with Gasteiger partial charge in [-0.3, -0.25) is 0 Å². The molecule has 216 valence electrons. The topological polar surface area (TPSA) is 97.4 Å². The Morgan fingerprint density at radius 3 is 2.05 bits per heavy atom. The van der Waals surface area contributed by atoms with Crippen molar-refractivity contribution in [3.05, 3.63) is 120 Å². The van der Waals surface area contributed by atoms with Crippen LogP contribution in [0.25, 0.3) is 12.2 Å². The van der Waals surface area contributed by atoms with Gasteiger partial charge in [0.2, 0.25) is 0 Å². The van der Waals surface area contributed by atoms with Gasteiger partial charge in [0, 0.05) is 24.8 Å². The SMILES string of the molecule is C=CC(=O)OCc1cccc(Oc2cccc(/C=C/C(=O)OCc3cccc(/C=C/C(=O)OCC4CCCO4)c3)c2)c1. The lowest BCUT2D eigenvalue weighted by Crippen LogP contribution is -2.16. The van der Waals surface area contributed by atoms with Gasteiger partial charge in [-0.1, -0.05) is 49.0 Å². The van der Waals surface area contributed by atoms with Crippen LogP contribution >= 0.6 is 0 Å². The molecule has 1 unspecified atom stereocenters. The van der Waals surface area contributed by atoms with E-state index in [1.165, 1.54) is 12.2 Å². The highest BCUT2D eigenvalue weighted by Gasteiger charge is 2.16. The van der Waals surface area contributed by atoms with Crippen molar-refractivity contribution in [2.75, 3.05) is 13.2 Å². The van der Waals surface area contributed by atoms with Gasteiger partial charge >= 0.3 is 17.9 Å². The Kier molecular flexibility index (Phi) is 11.2. The molecule has 0 amide bonds. The van der Waals surface area contributed by atoms with Crippen LogP contribution in [0.4, 0.5) is 0 Å². The van der Waals surface area contributed by atoms with Crippen LogP contribution in [0.3, 0.4) is 0 Å². The summed E-state index contributed by atoms with van der Waals surface area (Å²) in [6.07, 6.45) is 9.01. The molecular formula is C34H32O8. The van der Waals surface area contributed by atoms with Crippen LogP contribution in [0.15, 0.2) is 97.6 Å². The number of esters is 3. The largest absolute Gasteiger partial charge is 0.460 e. The van der Waals surface area contributed by atoms with Crippen LogP contribution in [0, 0.1) is 0 Å². The molecule has 1 aliphatic rings. The maximum absolute atomic E-state index is 12.3. The first-order chi connectivity index (χ1) is 20.5. The Morgan fingerprint density at radius 2 is 1.36 bits per heavy atom. The van der Waals surface area contributed by atoms with E-state index in [4.69, 9.17) is 23.7 Å². The third-order valence-electron chi connectivity index (χ3n) is 6.13. The predicted octanol–water partition coefficient (Wildman–Crippen LogP) is 6.20. The van der Waals surface area contributed by atoms with E-state index < -0.39 is 17.9 Å². The minimum atomic E-state index is -0.498. The second kappa shape index (κ2) is 15.7. The van der Waals surface area contributed by atoms with E-state index in [1.54, 1.807) is 42.5 Å². The molecule has 0 spiro atoms. The van der Waals surface area contributed by atoms with Crippen molar-refractivity contribution in [2.24, 2.45) is 0 Å². The van der Waals surface area contributed by atoms with Gasteiger partial charge in [-0.15, -0.1) is 0 Å². The molecule has 1 heterocycles. The molecule has 8 heteroatoms. The van der Waals surface area contributed by atoms with E-state index in [2.05, 4.69) is 6.58 Å². The first-order valence-electron chi connectivity index (χ1n) is 13.5. The average Bonchev–Trinajstić information content (AvgIpc) is 3.54. The molecule has 0 N–H and O–H groups in total. The molecule has 1 aliphatic heterocycles. The highest BCUT2D eigenvalue weighted by Crippen LogP contribution is 2.24. The minimum Gasteiger partial charge on any atom is -0.460 e. The molecule has 0 radical (unpaired) electrons. The lowest BCUT2D eigenvalue weighted by molar-refractivity contribution is -0.141. The molecule has 0 bridgehead atoms. The molecular weight excluding hydrogens is 536 g/mol. The number of ether oxygens (including phenoxy) is 5. The first kappa shape index (κ1) is 30.0. The molecule has 1 atom stereocenters. The summed E-state index contributed by atoms with van der Waals surface area (Å²) < 4.78 is 27.1. The fraction of sp³-hybridized carbons (Fsp3) is 0.206. The zero-order valence-electron chi connectivity index (χ0n) is 23.1. The standard InChI is InChI=1S/C34H32O8/c1-2-32(35)39-23-28-10-5-12-30(21-28)42-29-11-4-8-26(20-29)15-17-33(36)40-22-27-9-3-7-25(19-27)14-16-34(37)41-24-31-13-6-18-38-31/h2-5,7-12,14-17,19-21,31H,1,6,13,18,22-24H2/b16-14+,17-15+. The lowest BCUT2D eigenvalue weighted by Gasteiger charge is -2.09. The second-order valence-electron chi connectivity index (χ2n) is 9.42. The fourth-order valence-corrected chi connectivity index (χ4v) is 4.05. The molecule has 3 aromatic carbocycles. The molecule has 8 nitrogen and oxygen atoms in total. The number of rotatable bonds is 13. The van der Waals surface area contributed by atoms with Crippen molar-refractivity contribution in [2.45, 2.75) is 32.2 Å². The Balaban J connectivity index is 1.25. The van der Waals surface area contributed by atoms with E-state index in [0.29, 0.717) is 18.1 Å². The molecule has 1 saturated heterocycles. The smallest absolute Gasteiger partial charge is 0.331 e. The molecule has 1 fully saturated rings. The Labute approximate surface area is 244 Å². The van der Waals surface area contributed by atoms with Gasteiger partial charge in [-0.25, -0.2) is 14.4 Å². The molecule has 0 saturated carbocycles. The quantitative estimate of drug-likeness (QED) is 0.137. The first-order valence-corrected chi connectivity index (χ1v) is 13.5. The van der Waals surface area contributed by atoms with Crippen LogP contribution < -0.4 is 4.74 Å². The van der Waals surface area contributed by atoms with Gasteiger partial charge in [0.1, 0.15) is 31.3 Å². The zero-order valence-corrected chi connectivity index (χ0v) is 23.1. The summed E-state index contributed by atoms with van der Waals surface area (Å²) in [5, 5.41) is 0. The highest BCUT2D eigenvalue weighted by atomic mass is 16.6. The number of hydrogen-bond donors (Lipinski definition) is 0. The normalized spacial score (nSPS) is 14.5. The highest BCUT2D eigenvalue weighted by molar-refractivity contribution is 5.87. The Bertz CT molecular complexity index is 1450. The van der Waals surface area contributed by atoms with E-state index in [1.807, 2.05) is 42.5 Å². The summed E-state index contributed by atoms with van der Waals surface area (Å²) in [4.78, 5) is 35.6. The van der Waals surface area contributed by atoms with Crippen molar-refractivity contribution in [3.63, 3.8) is 0 Å². The van der Waals surface area contributed by atoms with Crippen LogP contribution in [0.2, 0.25) is 0 Å². The third-order valence-corrected chi connectivity index (χ3v) is 6.13. The van der Waals surface area contributed by atoms with Gasteiger partial charge < -0.3 is 23.7 Å². The van der Waals surface area contributed by atoms with Crippen molar-refractivity contribution in [1.29, 1.82) is 0 Å².